The van der Waals surface area contributed by atoms with Crippen molar-refractivity contribution in [2.75, 3.05) is 6.26 Å². The van der Waals surface area contributed by atoms with Crippen LogP contribution in [0.25, 0.3) is 0 Å². The Labute approximate surface area is 78.6 Å². The van der Waals surface area contributed by atoms with E-state index in [4.69, 9.17) is 16.7 Å². The summed E-state index contributed by atoms with van der Waals surface area (Å²) in [6, 6.07) is 0. The average molecular weight is 210 g/mol. The molecule has 0 saturated carbocycles. The van der Waals surface area contributed by atoms with E-state index in [9.17, 15) is 0 Å². The van der Waals surface area contributed by atoms with E-state index >= 15 is 0 Å². The summed E-state index contributed by atoms with van der Waals surface area (Å²) in [5.41, 5.74) is 0.809. The summed E-state index contributed by atoms with van der Waals surface area (Å²) in [5.74, 6) is 0.382. The number of alkyl halides is 1. The lowest BCUT2D eigenvalue weighted by Gasteiger charge is -1.89. The molecule has 0 aliphatic carbocycles. The van der Waals surface area contributed by atoms with Crippen LogP contribution in [0.5, 0.6) is 0 Å². The average Bonchev–Trinajstić information content (AvgIpc) is 2.46. The molecule has 0 radical (unpaired) electrons. The third kappa shape index (κ3) is 2.08. The molecule has 1 N–H and O–H groups in total. The van der Waals surface area contributed by atoms with Gasteiger partial charge >= 0.3 is 0 Å². The quantitative estimate of drug-likeness (QED) is 0.612. The number of thiazole rings is 1. The predicted octanol–water partition coefficient (Wildman–Crippen LogP) is 2.10. The highest BCUT2D eigenvalue weighted by molar-refractivity contribution is 8.00. The second-order valence-corrected chi connectivity index (χ2v) is 4.25. The summed E-state index contributed by atoms with van der Waals surface area (Å²) in [5, 5.41) is 8.86. The molecule has 0 bridgehead atoms. The Morgan fingerprint density at radius 3 is 2.82 bits per heavy atom. The van der Waals surface area contributed by atoms with E-state index in [1.165, 1.54) is 11.3 Å². The maximum absolute atomic E-state index is 8.86. The lowest BCUT2D eigenvalue weighted by Crippen LogP contribution is -1.85. The van der Waals surface area contributed by atoms with Crippen molar-refractivity contribution >= 4 is 34.7 Å². The maximum atomic E-state index is 8.86. The molecule has 11 heavy (non-hydrogen) atoms. The summed E-state index contributed by atoms with van der Waals surface area (Å²) in [6.45, 7) is 0.0419. The molecule has 5 heteroatoms. The van der Waals surface area contributed by atoms with E-state index in [2.05, 4.69) is 4.98 Å². The minimum atomic E-state index is 0.0419. The van der Waals surface area contributed by atoms with Crippen LogP contribution in [0.4, 0.5) is 0 Å². The second-order valence-electron chi connectivity index (χ2n) is 1.85. The predicted molar refractivity (Wildman–Crippen MR) is 49.4 cm³/mol. The van der Waals surface area contributed by atoms with E-state index in [0.29, 0.717) is 5.88 Å². The molecule has 62 valence electrons. The number of aromatic nitrogens is 1. The van der Waals surface area contributed by atoms with Gasteiger partial charge in [-0.3, -0.25) is 0 Å². The molecule has 0 aromatic carbocycles. The maximum Gasteiger partial charge on any atom is 0.150 e. The molecule has 2 nitrogen and oxygen atoms in total. The van der Waals surface area contributed by atoms with Crippen LogP contribution in [0.3, 0.4) is 0 Å². The van der Waals surface area contributed by atoms with Gasteiger partial charge in [-0.05, 0) is 6.26 Å². The fourth-order valence-corrected chi connectivity index (χ4v) is 2.48. The van der Waals surface area contributed by atoms with Crippen molar-refractivity contribution in [2.45, 2.75) is 16.8 Å². The van der Waals surface area contributed by atoms with Crippen molar-refractivity contribution in [3.05, 3.63) is 10.6 Å². The van der Waals surface area contributed by atoms with Crippen LogP contribution >= 0.6 is 34.7 Å². The van der Waals surface area contributed by atoms with E-state index < -0.39 is 0 Å². The van der Waals surface area contributed by atoms with Crippen LogP contribution < -0.4 is 0 Å². The van der Waals surface area contributed by atoms with E-state index in [-0.39, 0.29) is 6.61 Å². The highest BCUT2D eigenvalue weighted by Gasteiger charge is 2.07. The van der Waals surface area contributed by atoms with Crippen molar-refractivity contribution in [1.29, 1.82) is 0 Å². The molecular formula is C6H8ClNOS2. The van der Waals surface area contributed by atoms with Gasteiger partial charge in [0.1, 0.15) is 4.34 Å². The zero-order valence-corrected chi connectivity index (χ0v) is 8.39. The Bertz CT molecular complexity index is 217. The molecule has 0 spiro atoms. The molecule has 1 rings (SSSR count). The summed E-state index contributed by atoms with van der Waals surface area (Å²) in [4.78, 5) is 5.09. The Kier molecular flexibility index (Phi) is 3.65. The largest absolute Gasteiger partial charge is 0.391 e. The van der Waals surface area contributed by atoms with Crippen molar-refractivity contribution in [3.8, 4) is 0 Å². The zero-order valence-electron chi connectivity index (χ0n) is 6.00. The second kappa shape index (κ2) is 4.30. The monoisotopic (exact) mass is 209 g/mol. The van der Waals surface area contributed by atoms with Gasteiger partial charge in [-0.2, -0.15) is 0 Å². The molecule has 0 unspecified atom stereocenters. The molecule has 0 saturated heterocycles. The molecule has 0 fully saturated rings. The molecule has 1 aromatic heterocycles. The summed E-state index contributed by atoms with van der Waals surface area (Å²) in [7, 11) is 0. The first-order valence-corrected chi connectivity index (χ1v) is 5.58. The fraction of sp³-hybridized carbons (Fsp3) is 0.500. The minimum absolute atomic E-state index is 0.0419. The third-order valence-corrected chi connectivity index (χ3v) is 3.52. The van der Waals surface area contributed by atoms with Gasteiger partial charge in [0.2, 0.25) is 0 Å². The SMILES string of the molecule is CSc1nc(CCl)c(CO)s1. The van der Waals surface area contributed by atoms with Crippen LogP contribution in [-0.2, 0) is 12.5 Å². The first-order chi connectivity index (χ1) is 5.31. The molecular weight excluding hydrogens is 202 g/mol. The number of aliphatic hydroxyl groups excluding tert-OH is 1. The van der Waals surface area contributed by atoms with Crippen molar-refractivity contribution < 1.29 is 5.11 Å². The summed E-state index contributed by atoms with van der Waals surface area (Å²) in [6.07, 6.45) is 1.96. The smallest absolute Gasteiger partial charge is 0.150 e. The van der Waals surface area contributed by atoms with Crippen LogP contribution in [-0.4, -0.2) is 16.3 Å². The standard InChI is InChI=1S/C6H8ClNOS2/c1-10-6-8-4(2-7)5(3-9)11-6/h9H,2-3H2,1H3. The van der Waals surface area contributed by atoms with Crippen molar-refractivity contribution in [2.24, 2.45) is 0 Å². The number of rotatable bonds is 3. The lowest BCUT2D eigenvalue weighted by atomic mass is 10.4. The highest BCUT2D eigenvalue weighted by Crippen LogP contribution is 2.26. The normalized spacial score (nSPS) is 10.5. The van der Waals surface area contributed by atoms with E-state index in [1.54, 1.807) is 11.8 Å². The van der Waals surface area contributed by atoms with Gasteiger partial charge in [0.05, 0.1) is 23.1 Å². The molecule has 0 atom stereocenters. The molecule has 0 amide bonds. The van der Waals surface area contributed by atoms with Crippen LogP contribution in [0.2, 0.25) is 0 Å². The lowest BCUT2D eigenvalue weighted by molar-refractivity contribution is 0.284. The van der Waals surface area contributed by atoms with Gasteiger partial charge in [0.25, 0.3) is 0 Å². The number of hydrogen-bond acceptors (Lipinski definition) is 4. The zero-order chi connectivity index (χ0) is 8.27. The Morgan fingerprint density at radius 2 is 2.45 bits per heavy atom. The van der Waals surface area contributed by atoms with Gasteiger partial charge in [-0.1, -0.05) is 11.8 Å². The molecule has 0 aliphatic rings. The van der Waals surface area contributed by atoms with E-state index in [1.807, 2.05) is 6.26 Å². The van der Waals surface area contributed by atoms with Crippen LogP contribution in [0, 0.1) is 0 Å². The van der Waals surface area contributed by atoms with Crippen LogP contribution in [0.1, 0.15) is 10.6 Å². The fourth-order valence-electron chi connectivity index (χ4n) is 0.675. The topological polar surface area (TPSA) is 33.1 Å². The van der Waals surface area contributed by atoms with Gasteiger partial charge < -0.3 is 5.11 Å². The van der Waals surface area contributed by atoms with Crippen LogP contribution in [0.15, 0.2) is 4.34 Å². The van der Waals surface area contributed by atoms with E-state index in [0.717, 1.165) is 14.9 Å². The minimum Gasteiger partial charge on any atom is -0.391 e. The number of thioether (sulfide) groups is 1. The number of nitrogens with zero attached hydrogens (tertiary/aromatic N) is 1. The summed E-state index contributed by atoms with van der Waals surface area (Å²) >= 11 is 8.68. The molecule has 0 aliphatic heterocycles. The van der Waals surface area contributed by atoms with Gasteiger partial charge in [-0.15, -0.1) is 22.9 Å². The van der Waals surface area contributed by atoms with Gasteiger partial charge in [-0.25, -0.2) is 4.98 Å². The number of hydrogen-bond donors (Lipinski definition) is 1. The first kappa shape index (κ1) is 9.32. The van der Waals surface area contributed by atoms with Gasteiger partial charge in [0, 0.05) is 0 Å². The summed E-state index contributed by atoms with van der Waals surface area (Å²) < 4.78 is 0.963. The molecule has 1 aromatic rings. The van der Waals surface area contributed by atoms with Gasteiger partial charge in [0.15, 0.2) is 0 Å². The third-order valence-electron chi connectivity index (χ3n) is 1.20. The Balaban J connectivity index is 2.92. The number of halogens is 1. The highest BCUT2D eigenvalue weighted by atomic mass is 35.5. The number of aliphatic hydroxyl groups is 1. The first-order valence-electron chi connectivity index (χ1n) is 3.01. The Hall–Kier alpha value is 0.230. The van der Waals surface area contributed by atoms with Crippen molar-refractivity contribution in [1.82, 2.24) is 4.98 Å². The molecule has 1 heterocycles. The Morgan fingerprint density at radius 1 is 1.73 bits per heavy atom. The van der Waals surface area contributed by atoms with Crippen molar-refractivity contribution in [3.63, 3.8) is 0 Å².